The molecule has 32 nitrogen and oxygen atoms in total. The Morgan fingerprint density at radius 1 is 0.580 bits per heavy atom. The van der Waals surface area contributed by atoms with Crippen molar-refractivity contribution in [2.75, 3.05) is 89.4 Å². The van der Waals surface area contributed by atoms with E-state index >= 15 is 0 Å². The fraction of sp³-hybridized carbons (Fsp3) is 0.616. The van der Waals surface area contributed by atoms with Crippen molar-refractivity contribution < 1.29 is 102 Å². The zero-order chi connectivity index (χ0) is 94.2. The van der Waals surface area contributed by atoms with Gasteiger partial charge < -0.3 is 96.6 Å². The molecular weight excluding hydrogens is 1680 g/mol. The molecule has 4 aromatic rings. The number of rotatable bonds is 42. The third kappa shape index (κ3) is 25.8. The van der Waals surface area contributed by atoms with E-state index in [-0.39, 0.29) is 125 Å². The summed E-state index contributed by atoms with van der Waals surface area (Å²) >= 11 is 0. The van der Waals surface area contributed by atoms with E-state index in [1.165, 1.54) is 23.6 Å². The van der Waals surface area contributed by atoms with Gasteiger partial charge in [-0.25, -0.2) is 0 Å². The molecule has 0 bridgehead atoms. The Balaban J connectivity index is 0.628. The minimum Gasteiger partial charge on any atom is -0.394 e. The summed E-state index contributed by atoms with van der Waals surface area (Å²) in [5.41, 5.74) is 7.73. The van der Waals surface area contributed by atoms with Crippen molar-refractivity contribution >= 4 is 81.7 Å². The van der Waals surface area contributed by atoms with Crippen LogP contribution in [-0.4, -0.2) is 236 Å². The lowest BCUT2D eigenvalue weighted by Crippen LogP contribution is -2.60. The number of aliphatic hydroxyl groups is 5. The maximum Gasteiger partial charge on any atom is 0.249 e. The molecule has 131 heavy (non-hydrogen) atoms. The Morgan fingerprint density at radius 2 is 1.21 bits per heavy atom. The zero-order valence-electron chi connectivity index (χ0n) is 77.2. The lowest BCUT2D eigenvalue weighted by Gasteiger charge is -2.56. The Kier molecular flexibility index (Phi) is 37.1. The number of benzene rings is 4. The Morgan fingerprint density at radius 3 is 1.86 bits per heavy atom. The summed E-state index contributed by atoms with van der Waals surface area (Å²) in [4.78, 5) is 146. The average molecular weight is 1820 g/mol. The van der Waals surface area contributed by atoms with Crippen LogP contribution in [0.4, 0.5) is 11.4 Å². The molecule has 7 aliphatic rings. The molecule has 9 amide bonds. The molecule has 16 atom stereocenters. The van der Waals surface area contributed by atoms with Crippen LogP contribution in [0.2, 0.25) is 0 Å². The predicted octanol–water partition coefficient (Wildman–Crippen LogP) is 6.63. The largest absolute Gasteiger partial charge is 0.394 e. The first kappa shape index (κ1) is 102. The highest BCUT2D eigenvalue weighted by atomic mass is 16.6. The molecule has 4 fully saturated rings. The number of unbranched alkanes of at least 4 members (excludes halogenated alkanes) is 1. The Labute approximate surface area is 768 Å². The summed E-state index contributed by atoms with van der Waals surface area (Å²) in [6.45, 7) is 15.7. The van der Waals surface area contributed by atoms with E-state index in [2.05, 4.69) is 105 Å². The molecule has 14 N–H and O–H groups in total. The second-order valence-electron chi connectivity index (χ2n) is 37.5. The number of carbonyl (C=O) groups is 10. The Hall–Kier alpha value is -9.76. The number of aliphatic hydroxyl groups excluding tert-OH is 5. The van der Waals surface area contributed by atoms with E-state index in [9.17, 15) is 73.5 Å². The van der Waals surface area contributed by atoms with Crippen LogP contribution in [0.5, 0.6) is 0 Å². The molecule has 1 saturated heterocycles. The fourth-order valence-corrected chi connectivity index (χ4v) is 20.4. The van der Waals surface area contributed by atoms with Gasteiger partial charge in [-0.1, -0.05) is 139 Å². The summed E-state index contributed by atoms with van der Waals surface area (Å²) in [5.74, 6) is 6.92. The minimum absolute atomic E-state index is 0.0281. The van der Waals surface area contributed by atoms with Crippen LogP contribution in [-0.2, 0) is 107 Å². The molecule has 0 radical (unpaired) electrons. The lowest BCUT2D eigenvalue weighted by molar-refractivity contribution is -0.226. The number of aryl methyl sites for hydroxylation is 3. The number of fused-ring (bicyclic) bond motifs is 8. The third-order valence-corrected chi connectivity index (χ3v) is 27.9. The van der Waals surface area contributed by atoms with Crippen molar-refractivity contribution in [3.63, 3.8) is 0 Å². The number of aliphatic imine (C=N–C) groups is 1. The molecule has 2 heterocycles. The highest BCUT2D eigenvalue weighted by Crippen LogP contribution is 2.60. The van der Waals surface area contributed by atoms with Crippen LogP contribution in [0.3, 0.4) is 0 Å². The smallest absolute Gasteiger partial charge is 0.249 e. The maximum atomic E-state index is 15.0. The molecule has 0 spiro atoms. The monoisotopic (exact) mass is 1820 g/mol. The van der Waals surface area contributed by atoms with E-state index in [1.807, 2.05) is 67.6 Å². The topological polar surface area (TPSA) is 465 Å². The molecule has 32 heteroatoms. The second-order valence-corrected chi connectivity index (χ2v) is 37.5. The van der Waals surface area contributed by atoms with Gasteiger partial charge in [0.15, 0.2) is 6.23 Å². The lowest BCUT2D eigenvalue weighted by atomic mass is 9.49. The summed E-state index contributed by atoms with van der Waals surface area (Å²) < 4.78 is 34.4. The number of hydrazone groups is 1. The molecule has 2 aliphatic heterocycles. The Bertz CT molecular complexity index is 4800. The number of amides is 9. The summed E-state index contributed by atoms with van der Waals surface area (Å²) in [7, 11) is 0. The van der Waals surface area contributed by atoms with Crippen LogP contribution in [0.15, 0.2) is 95.0 Å². The molecule has 714 valence electrons. The van der Waals surface area contributed by atoms with Gasteiger partial charge in [0.25, 0.3) is 0 Å². The highest BCUT2D eigenvalue weighted by Gasteiger charge is 2.59. The number of ketones is 1. The van der Waals surface area contributed by atoms with Gasteiger partial charge in [-0.15, -0.1) is 0 Å². The van der Waals surface area contributed by atoms with Crippen LogP contribution in [0, 0.1) is 47.3 Å². The van der Waals surface area contributed by atoms with Gasteiger partial charge >= 0.3 is 0 Å². The van der Waals surface area contributed by atoms with E-state index in [4.69, 9.17) is 34.3 Å². The van der Waals surface area contributed by atoms with Crippen molar-refractivity contribution in [1.29, 1.82) is 0 Å². The van der Waals surface area contributed by atoms with Crippen molar-refractivity contribution in [3.05, 3.63) is 129 Å². The normalized spacial score (nSPS) is 26.0. The van der Waals surface area contributed by atoms with Gasteiger partial charge in [0.1, 0.15) is 72.8 Å². The van der Waals surface area contributed by atoms with Crippen molar-refractivity contribution in [1.82, 2.24) is 31.9 Å². The number of hydrogen-bond donors (Lipinski definition) is 13. The number of Topliss-reactive ketones (excluding diaryl/α,β-unsaturated/α-hetero) is 1. The number of anilines is 2. The number of carbonyl (C=O) groups excluding carboxylic acids is 10. The van der Waals surface area contributed by atoms with Gasteiger partial charge in [0.2, 0.25) is 53.2 Å². The van der Waals surface area contributed by atoms with E-state index in [1.54, 1.807) is 24.8 Å². The average Bonchev–Trinajstić information content (AvgIpc) is 0.726. The molecule has 3 saturated carbocycles. The van der Waals surface area contributed by atoms with E-state index in [0.29, 0.717) is 102 Å². The summed E-state index contributed by atoms with van der Waals surface area (Å²) in [5, 5.41) is 75.4. The van der Waals surface area contributed by atoms with Gasteiger partial charge in [-0.2, -0.15) is 5.10 Å². The zero-order valence-corrected chi connectivity index (χ0v) is 77.2. The number of nitrogens with two attached hydrogens (primary N) is 1. The van der Waals surface area contributed by atoms with Gasteiger partial charge in [0.05, 0.1) is 88.2 Å². The number of hydrogen-bond acceptors (Lipinski definition) is 24. The van der Waals surface area contributed by atoms with Crippen molar-refractivity contribution in [2.45, 2.75) is 281 Å². The van der Waals surface area contributed by atoms with Crippen LogP contribution >= 0.6 is 0 Å². The van der Waals surface area contributed by atoms with Gasteiger partial charge in [0, 0.05) is 55.6 Å². The van der Waals surface area contributed by atoms with E-state index in [0.717, 1.165) is 78.5 Å². The summed E-state index contributed by atoms with van der Waals surface area (Å²) in [6, 6.07) is 22.3. The molecular formula is C99H137N11O21. The first-order valence-electron chi connectivity index (χ1n) is 46.9. The molecule has 5 aliphatic carbocycles. The van der Waals surface area contributed by atoms with Crippen LogP contribution in [0.25, 0.3) is 0 Å². The quantitative estimate of drug-likeness (QED) is 0.00727. The summed E-state index contributed by atoms with van der Waals surface area (Å²) in [6.07, 6.45) is 3.76. The van der Waals surface area contributed by atoms with Crippen molar-refractivity contribution in [2.24, 2.45) is 44.5 Å². The first-order chi connectivity index (χ1) is 62.8. The fourth-order valence-electron chi connectivity index (χ4n) is 20.4. The molecule has 1 unspecified atom stereocenters. The highest BCUT2D eigenvalue weighted by molar-refractivity contribution is 6.44. The van der Waals surface area contributed by atoms with Crippen molar-refractivity contribution in [3.8, 4) is 11.8 Å². The van der Waals surface area contributed by atoms with Gasteiger partial charge in [-0.3, -0.25) is 58.3 Å². The number of ether oxygens (including phenoxy) is 6. The number of nitrogens with zero attached hydrogens (tertiary/aromatic N) is 3. The maximum absolute atomic E-state index is 15.0. The first-order valence-corrected chi connectivity index (χ1v) is 46.9. The number of para-hydroxylation sites is 1. The molecule has 0 aromatic heterocycles. The number of nitrogens with one attached hydrogen (secondary N) is 7. The third-order valence-electron chi connectivity index (χ3n) is 27.9. The SMILES string of the molecule is Cc1ccc2c(c1)[C@@]1(C)CCC[C@](C)(C(=O)NC(=O)[C@@]3(C)CCC[C@]4(C)c5cc(NC(=O)[C@H](CO)NC(=O)[C@H](C)NC(=O)[C@@H](NC(=O)[C@@H](CCCCNC(=O)COC6CCCCCC(=N[C@@H]7O[C@H](CO)[C@H](O)[C@H](O)[C@H]7O)C6=NN)NC(=O)CCOCCOCCOCCOCCCC(=O)CCC(=O)N6Cc7ccccc7C#Cc7ccccc76)C(C)C)ccc5CC[C@@H]34)[C@@H]1CC2. The second kappa shape index (κ2) is 47.7. The van der Waals surface area contributed by atoms with Crippen LogP contribution < -0.4 is 48.0 Å². The molecule has 11 rings (SSSR count). The standard InChI is InChI=1S/C99H137N11O21/c1-61(2)84(92(123)102-63(4)89(120)105-75(58-111)91(122)103-69-36-33-66-35-39-80-97(6,72(66)56-69)43-20-45-99(80,8)95(125)108-94(124)98(7)44-19-42-96(5)71-55-62(3)29-30-65(71)34-38-79(96)98)107-90(121)74(26-16-17-46-101-82(115)60-130-77-28-11-9-10-25-73(85(77)109-100)106-93-88(119)87(118)86(117)78(59-112)131-93)104-81(114)41-48-127-50-52-129-54-53-128-51-49-126-47-18-24-70(113)37-40-83(116)110-57-68-23-13-12-21-64(68)31-32-67-22-14-15-27-76(67)110/h12-15,21-23,27,29-30,33,36,55-56,61,63,74-75,77-80,84,86-88,93,111-112,117-119H,9-11,16-20,24-26,28,34-35,37-54,57-60,100H2,1-8H3,(H,101,115)(H,102,123)(H,103,122)(H,104,114)(H,105,120)(H,107,121)(H,108,124,125)/t63-,74+,75-,77?,78+,79+,80+,84-,86-,87-,88+,93+,96+,97+,98-,99-/m0/s1. The van der Waals surface area contributed by atoms with E-state index < -0.39 is 138 Å². The van der Waals surface area contributed by atoms with Crippen LogP contribution in [0.1, 0.15) is 228 Å². The number of imide groups is 1. The predicted molar refractivity (Wildman–Crippen MR) is 491 cm³/mol. The minimum atomic E-state index is -1.66. The van der Waals surface area contributed by atoms with Gasteiger partial charge in [-0.05, 0) is 197 Å². The molecule has 4 aromatic carbocycles.